The van der Waals surface area contributed by atoms with Gasteiger partial charge in [0.2, 0.25) is 0 Å². The summed E-state index contributed by atoms with van der Waals surface area (Å²) in [6.07, 6.45) is 2.20. The molecule has 0 fully saturated rings. The molecule has 0 aromatic heterocycles. The highest BCUT2D eigenvalue weighted by atomic mass is 16.4. The Morgan fingerprint density at radius 1 is 1.50 bits per heavy atom. The van der Waals surface area contributed by atoms with Crippen LogP contribution in [0.25, 0.3) is 0 Å². The van der Waals surface area contributed by atoms with Crippen LogP contribution in [0.2, 0.25) is 0 Å². The first-order valence-electron chi connectivity index (χ1n) is 6.12. The molecular formula is C13H18N4O3. The summed E-state index contributed by atoms with van der Waals surface area (Å²) < 4.78 is 0. The van der Waals surface area contributed by atoms with Crippen LogP contribution in [-0.2, 0) is 4.79 Å². The number of carbonyl (C=O) groups is 1. The van der Waals surface area contributed by atoms with Crippen LogP contribution in [0.5, 0.6) is 5.75 Å². The number of hydrogen-bond donors (Lipinski definition) is 5. The number of carboxylic acid groups (broad SMARTS) is 1. The third-order valence-corrected chi connectivity index (χ3v) is 2.59. The molecule has 20 heavy (non-hydrogen) atoms. The average Bonchev–Trinajstić information content (AvgIpc) is 2.39. The van der Waals surface area contributed by atoms with Gasteiger partial charge < -0.3 is 21.3 Å². The molecule has 0 radical (unpaired) electrons. The van der Waals surface area contributed by atoms with Gasteiger partial charge in [0.25, 0.3) is 0 Å². The smallest absolute Gasteiger partial charge is 0.328 e. The maximum absolute atomic E-state index is 11.1. The van der Waals surface area contributed by atoms with E-state index in [-0.39, 0.29) is 11.7 Å². The minimum absolute atomic E-state index is 0.0543. The van der Waals surface area contributed by atoms with Crippen molar-refractivity contribution in [3.63, 3.8) is 0 Å². The number of aliphatic carboxylic acids is 1. The van der Waals surface area contributed by atoms with Crippen molar-refractivity contribution in [2.45, 2.75) is 18.9 Å². The Kier molecular flexibility index (Phi) is 6.02. The molecule has 0 bridgehead atoms. The molecule has 0 aliphatic heterocycles. The van der Waals surface area contributed by atoms with Gasteiger partial charge in [-0.15, -0.1) is 0 Å². The van der Waals surface area contributed by atoms with Gasteiger partial charge >= 0.3 is 5.97 Å². The first-order chi connectivity index (χ1) is 9.50. The van der Waals surface area contributed by atoms with Crippen LogP contribution in [0.15, 0.2) is 29.3 Å². The summed E-state index contributed by atoms with van der Waals surface area (Å²) in [6.45, 7) is 0.422. The molecule has 0 amide bonds. The molecule has 7 nitrogen and oxygen atoms in total. The molecule has 7 heteroatoms. The third kappa shape index (κ3) is 5.38. The summed E-state index contributed by atoms with van der Waals surface area (Å²) in [4.78, 5) is 15.0. The molecular weight excluding hydrogens is 260 g/mol. The van der Waals surface area contributed by atoms with E-state index in [9.17, 15) is 9.90 Å². The molecule has 0 aliphatic rings. The molecule has 6 N–H and O–H groups in total. The zero-order chi connectivity index (χ0) is 15.0. The van der Waals surface area contributed by atoms with E-state index in [1.165, 1.54) is 12.3 Å². The lowest BCUT2D eigenvalue weighted by Gasteiger charge is -2.08. The quantitative estimate of drug-likeness (QED) is 0.282. The Hall–Kier alpha value is -2.57. The van der Waals surface area contributed by atoms with Gasteiger partial charge in [0, 0.05) is 18.3 Å². The first kappa shape index (κ1) is 15.5. The van der Waals surface area contributed by atoms with Crippen molar-refractivity contribution >= 4 is 18.1 Å². The Morgan fingerprint density at radius 2 is 2.20 bits per heavy atom. The van der Waals surface area contributed by atoms with Gasteiger partial charge in [-0.2, -0.15) is 0 Å². The highest BCUT2D eigenvalue weighted by molar-refractivity contribution is 5.85. The monoisotopic (exact) mass is 278 g/mol. The summed E-state index contributed by atoms with van der Waals surface area (Å²) in [5.41, 5.74) is 5.59. The number of guanidine groups is 1. The molecule has 1 unspecified atom stereocenters. The van der Waals surface area contributed by atoms with E-state index in [4.69, 9.17) is 16.2 Å². The zero-order valence-corrected chi connectivity index (χ0v) is 10.9. The summed E-state index contributed by atoms with van der Waals surface area (Å²) in [5, 5.41) is 28.2. The fourth-order valence-corrected chi connectivity index (χ4v) is 1.55. The Balaban J connectivity index is 2.57. The number of phenolic OH excluding ortho intramolecular Hbond substituents is 1. The van der Waals surface area contributed by atoms with Crippen molar-refractivity contribution in [2.24, 2.45) is 10.7 Å². The molecule has 108 valence electrons. The lowest BCUT2D eigenvalue weighted by atomic mass is 10.1. The van der Waals surface area contributed by atoms with Gasteiger partial charge in [-0.05, 0) is 25.0 Å². The molecule has 0 spiro atoms. The molecule has 1 atom stereocenters. The number of aliphatic imine (C=N–C) groups is 1. The van der Waals surface area contributed by atoms with Crippen LogP contribution in [-0.4, -0.2) is 40.9 Å². The van der Waals surface area contributed by atoms with Gasteiger partial charge in [0.05, 0.1) is 0 Å². The summed E-state index contributed by atoms with van der Waals surface area (Å²) >= 11 is 0. The number of nitrogens with zero attached hydrogens (tertiary/aromatic N) is 1. The third-order valence-electron chi connectivity index (χ3n) is 2.59. The van der Waals surface area contributed by atoms with Crippen molar-refractivity contribution < 1.29 is 15.0 Å². The van der Waals surface area contributed by atoms with Crippen LogP contribution in [0.4, 0.5) is 0 Å². The van der Waals surface area contributed by atoms with E-state index in [0.29, 0.717) is 24.9 Å². The normalized spacial score (nSPS) is 12.2. The summed E-state index contributed by atoms with van der Waals surface area (Å²) in [5.74, 6) is -1.12. The van der Waals surface area contributed by atoms with E-state index < -0.39 is 12.0 Å². The average molecular weight is 278 g/mol. The number of nitrogens with two attached hydrogens (primary N) is 1. The number of carboxylic acids is 1. The second-order valence-corrected chi connectivity index (χ2v) is 4.17. The lowest BCUT2D eigenvalue weighted by Crippen LogP contribution is -2.31. The first-order valence-corrected chi connectivity index (χ1v) is 6.12. The topological polar surface area (TPSA) is 132 Å². The van der Waals surface area contributed by atoms with Crippen LogP contribution in [0, 0.1) is 5.41 Å². The fourth-order valence-electron chi connectivity index (χ4n) is 1.55. The molecule has 1 aromatic carbocycles. The predicted octanol–water partition coefficient (Wildman–Crippen LogP) is 0.528. The SMILES string of the molecule is N=C(N)NCCCC(/N=C/c1ccccc1O)C(=O)O. The molecule has 1 aromatic rings. The van der Waals surface area contributed by atoms with Crippen molar-refractivity contribution in [3.05, 3.63) is 29.8 Å². The largest absolute Gasteiger partial charge is 0.507 e. The number of rotatable bonds is 7. The number of hydrogen-bond acceptors (Lipinski definition) is 4. The van der Waals surface area contributed by atoms with Crippen molar-refractivity contribution in [1.29, 1.82) is 5.41 Å². The number of aromatic hydroxyl groups is 1. The van der Waals surface area contributed by atoms with Crippen LogP contribution in [0.1, 0.15) is 18.4 Å². The second kappa shape index (κ2) is 7.78. The Labute approximate surface area is 116 Å². The van der Waals surface area contributed by atoms with E-state index in [2.05, 4.69) is 10.3 Å². The fraction of sp³-hybridized carbons (Fsp3) is 0.308. The maximum atomic E-state index is 11.1. The number of phenols is 1. The van der Waals surface area contributed by atoms with Gasteiger partial charge in [-0.3, -0.25) is 10.4 Å². The second-order valence-electron chi connectivity index (χ2n) is 4.17. The highest BCUT2D eigenvalue weighted by Gasteiger charge is 2.14. The number of nitrogens with one attached hydrogen (secondary N) is 2. The zero-order valence-electron chi connectivity index (χ0n) is 10.9. The van der Waals surface area contributed by atoms with Crippen LogP contribution >= 0.6 is 0 Å². The van der Waals surface area contributed by atoms with Gasteiger partial charge in [-0.1, -0.05) is 12.1 Å². The summed E-state index contributed by atoms with van der Waals surface area (Å²) in [6, 6.07) is 5.68. The predicted molar refractivity (Wildman–Crippen MR) is 76.3 cm³/mol. The minimum Gasteiger partial charge on any atom is -0.507 e. The highest BCUT2D eigenvalue weighted by Crippen LogP contribution is 2.13. The Bertz CT molecular complexity index is 502. The van der Waals surface area contributed by atoms with Crippen molar-refractivity contribution in [1.82, 2.24) is 5.32 Å². The minimum atomic E-state index is -1.03. The molecule has 0 saturated heterocycles. The van der Waals surface area contributed by atoms with Gasteiger partial charge in [-0.25, -0.2) is 4.79 Å². The number of para-hydroxylation sites is 1. The van der Waals surface area contributed by atoms with E-state index in [1.54, 1.807) is 18.2 Å². The van der Waals surface area contributed by atoms with Gasteiger partial charge in [0.1, 0.15) is 11.8 Å². The van der Waals surface area contributed by atoms with Crippen LogP contribution in [0.3, 0.4) is 0 Å². The molecule has 0 saturated carbocycles. The Morgan fingerprint density at radius 3 is 2.80 bits per heavy atom. The summed E-state index contributed by atoms with van der Waals surface area (Å²) in [7, 11) is 0. The molecule has 1 rings (SSSR count). The van der Waals surface area contributed by atoms with E-state index in [1.807, 2.05) is 0 Å². The van der Waals surface area contributed by atoms with Gasteiger partial charge in [0.15, 0.2) is 5.96 Å². The molecule has 0 aliphatic carbocycles. The van der Waals surface area contributed by atoms with E-state index in [0.717, 1.165) is 0 Å². The maximum Gasteiger partial charge on any atom is 0.328 e. The lowest BCUT2D eigenvalue weighted by molar-refractivity contribution is -0.138. The van der Waals surface area contributed by atoms with E-state index >= 15 is 0 Å². The van der Waals surface area contributed by atoms with Crippen molar-refractivity contribution in [2.75, 3.05) is 6.54 Å². The van der Waals surface area contributed by atoms with Crippen LogP contribution < -0.4 is 11.1 Å². The molecule has 0 heterocycles. The van der Waals surface area contributed by atoms with Crippen molar-refractivity contribution in [3.8, 4) is 5.75 Å². The number of benzene rings is 1. The standard InChI is InChI=1S/C13H18N4O3/c14-13(15)16-7-3-5-10(12(19)20)17-8-9-4-1-2-6-11(9)18/h1-2,4,6,8,10,18H,3,5,7H2,(H,19,20)(H4,14,15,16)/b17-8+.